The van der Waals surface area contributed by atoms with E-state index in [4.69, 9.17) is 9.47 Å². The molecule has 1 fully saturated rings. The minimum Gasteiger partial charge on any atom is -0.493 e. The van der Waals surface area contributed by atoms with E-state index < -0.39 is 0 Å². The second-order valence-electron chi connectivity index (χ2n) is 7.58. The van der Waals surface area contributed by atoms with Crippen LogP contribution in [-0.2, 0) is 17.9 Å². The second kappa shape index (κ2) is 10.4. The van der Waals surface area contributed by atoms with Crippen LogP contribution in [0.1, 0.15) is 22.3 Å². The number of carbonyl (C=O) groups excluding carboxylic acids is 2. The van der Waals surface area contributed by atoms with Crippen LogP contribution in [0.4, 0.5) is 4.79 Å². The lowest BCUT2D eigenvalue weighted by molar-refractivity contribution is -0.123. The van der Waals surface area contributed by atoms with Crippen LogP contribution < -0.4 is 9.47 Å². The van der Waals surface area contributed by atoms with E-state index in [1.807, 2.05) is 67.6 Å². The summed E-state index contributed by atoms with van der Waals surface area (Å²) in [5, 5.41) is -0.266. The third-order valence-corrected chi connectivity index (χ3v) is 6.72. The number of methoxy groups -OCH3 is 1. The van der Waals surface area contributed by atoms with E-state index in [0.29, 0.717) is 23.0 Å². The molecule has 0 spiro atoms. The van der Waals surface area contributed by atoms with E-state index in [1.54, 1.807) is 19.3 Å². The van der Waals surface area contributed by atoms with Gasteiger partial charge in [-0.25, -0.2) is 0 Å². The highest BCUT2D eigenvalue weighted by Gasteiger charge is 2.35. The molecule has 4 rings (SSSR count). The lowest BCUT2D eigenvalue weighted by Gasteiger charge is -2.13. The van der Waals surface area contributed by atoms with Gasteiger partial charge in [-0.3, -0.25) is 14.5 Å². The predicted molar refractivity (Wildman–Crippen MR) is 139 cm³/mol. The fourth-order valence-electron chi connectivity index (χ4n) is 3.42. The summed E-state index contributed by atoms with van der Waals surface area (Å²) in [5.41, 5.74) is 3.83. The predicted octanol–water partition coefficient (Wildman–Crippen LogP) is 6.42. The molecule has 5 nitrogen and oxygen atoms in total. The Balaban J connectivity index is 1.48. The van der Waals surface area contributed by atoms with Gasteiger partial charge in [0.25, 0.3) is 11.1 Å². The number of carbonyl (C=O) groups is 2. The van der Waals surface area contributed by atoms with Crippen LogP contribution in [0, 0.1) is 10.5 Å². The highest BCUT2D eigenvalue weighted by Crippen LogP contribution is 2.35. The minimum absolute atomic E-state index is 0.262. The van der Waals surface area contributed by atoms with Gasteiger partial charge in [0.15, 0.2) is 11.5 Å². The Bertz CT molecular complexity index is 1220. The van der Waals surface area contributed by atoms with Gasteiger partial charge >= 0.3 is 0 Å². The highest BCUT2D eigenvalue weighted by molar-refractivity contribution is 14.1. The molecule has 0 saturated carbocycles. The molecule has 0 N–H and O–H groups in total. The number of halogens is 1. The first kappa shape index (κ1) is 23.4. The first-order valence-corrected chi connectivity index (χ1v) is 12.2. The van der Waals surface area contributed by atoms with Crippen molar-refractivity contribution in [3.8, 4) is 11.5 Å². The molecule has 0 aliphatic carbocycles. The number of hydrogen-bond donors (Lipinski definition) is 0. The van der Waals surface area contributed by atoms with Crippen LogP contribution in [-0.4, -0.2) is 23.2 Å². The van der Waals surface area contributed by atoms with Crippen LogP contribution >= 0.6 is 34.4 Å². The molecule has 0 atom stereocenters. The molecule has 0 bridgehead atoms. The zero-order valence-corrected chi connectivity index (χ0v) is 21.2. The molecule has 1 saturated heterocycles. The van der Waals surface area contributed by atoms with Crippen molar-refractivity contribution < 1.29 is 19.1 Å². The summed E-state index contributed by atoms with van der Waals surface area (Å²) in [5.74, 6) is 0.888. The van der Waals surface area contributed by atoms with Crippen LogP contribution in [0.3, 0.4) is 0 Å². The van der Waals surface area contributed by atoms with Gasteiger partial charge < -0.3 is 9.47 Å². The van der Waals surface area contributed by atoms with Crippen LogP contribution in [0.2, 0.25) is 0 Å². The van der Waals surface area contributed by atoms with Crippen LogP contribution in [0.5, 0.6) is 11.5 Å². The van der Waals surface area contributed by atoms with E-state index in [0.717, 1.165) is 34.0 Å². The molecule has 3 aromatic rings. The van der Waals surface area contributed by atoms with Gasteiger partial charge in [0, 0.05) is 3.57 Å². The number of benzene rings is 3. The van der Waals surface area contributed by atoms with Crippen LogP contribution in [0.25, 0.3) is 6.08 Å². The van der Waals surface area contributed by atoms with Crippen molar-refractivity contribution in [2.75, 3.05) is 7.11 Å². The summed E-state index contributed by atoms with van der Waals surface area (Å²) in [7, 11) is 1.58. The number of aryl methyl sites for hydroxylation is 1. The van der Waals surface area contributed by atoms with E-state index >= 15 is 0 Å². The Morgan fingerprint density at radius 2 is 1.76 bits per heavy atom. The summed E-state index contributed by atoms with van der Waals surface area (Å²) in [4.78, 5) is 27.0. The maximum atomic E-state index is 12.9. The topological polar surface area (TPSA) is 55.8 Å². The maximum absolute atomic E-state index is 12.9. The van der Waals surface area contributed by atoms with Crippen molar-refractivity contribution in [2.24, 2.45) is 0 Å². The van der Waals surface area contributed by atoms with Crippen molar-refractivity contribution in [1.29, 1.82) is 0 Å². The summed E-state index contributed by atoms with van der Waals surface area (Å²) in [6, 6.07) is 21.4. The van der Waals surface area contributed by atoms with Crippen LogP contribution in [0.15, 0.2) is 71.6 Å². The average Bonchev–Trinajstić information content (AvgIpc) is 3.06. The van der Waals surface area contributed by atoms with Gasteiger partial charge in [-0.15, -0.1) is 0 Å². The van der Waals surface area contributed by atoms with Gasteiger partial charge in [-0.05, 0) is 88.3 Å². The SMILES string of the molecule is COc1cc(/C=C2\SC(=O)N(Cc3cccc(C)c3)C2=O)ccc1OCc1ccc(I)cc1. The van der Waals surface area contributed by atoms with E-state index in [-0.39, 0.29) is 17.7 Å². The van der Waals surface area contributed by atoms with Gasteiger partial charge in [0.05, 0.1) is 18.6 Å². The first-order valence-electron chi connectivity index (χ1n) is 10.3. The molecular formula is C26H22INO4S. The lowest BCUT2D eigenvalue weighted by atomic mass is 10.1. The minimum atomic E-state index is -0.287. The smallest absolute Gasteiger partial charge is 0.293 e. The van der Waals surface area contributed by atoms with Crippen molar-refractivity contribution >= 4 is 51.6 Å². The highest BCUT2D eigenvalue weighted by atomic mass is 127. The molecule has 1 aliphatic heterocycles. The molecule has 0 aromatic heterocycles. The zero-order chi connectivity index (χ0) is 23.4. The molecule has 33 heavy (non-hydrogen) atoms. The van der Waals surface area contributed by atoms with E-state index in [9.17, 15) is 9.59 Å². The summed E-state index contributed by atoms with van der Waals surface area (Å²) < 4.78 is 12.6. The summed E-state index contributed by atoms with van der Waals surface area (Å²) >= 11 is 3.22. The number of nitrogens with zero attached hydrogens (tertiary/aromatic N) is 1. The number of rotatable bonds is 7. The summed E-state index contributed by atoms with van der Waals surface area (Å²) in [6.07, 6.45) is 1.71. The Morgan fingerprint density at radius 1 is 0.970 bits per heavy atom. The molecule has 0 radical (unpaired) electrons. The van der Waals surface area contributed by atoms with Gasteiger partial charge in [0.1, 0.15) is 6.61 Å². The monoisotopic (exact) mass is 571 g/mol. The Kier molecular flexibility index (Phi) is 7.39. The van der Waals surface area contributed by atoms with Gasteiger partial charge in [0.2, 0.25) is 0 Å². The maximum Gasteiger partial charge on any atom is 0.293 e. The van der Waals surface area contributed by atoms with Gasteiger partial charge in [-0.2, -0.15) is 0 Å². The van der Waals surface area contributed by atoms with E-state index in [2.05, 4.69) is 22.6 Å². The first-order chi connectivity index (χ1) is 15.9. The van der Waals surface area contributed by atoms with Crippen molar-refractivity contribution in [3.05, 3.63) is 97.5 Å². The molecular weight excluding hydrogens is 549 g/mol. The molecule has 3 aromatic carbocycles. The molecule has 2 amide bonds. The molecule has 1 aliphatic rings. The Morgan fingerprint density at radius 3 is 2.48 bits per heavy atom. The number of thioether (sulfide) groups is 1. The van der Waals surface area contributed by atoms with E-state index in [1.165, 1.54) is 8.47 Å². The molecule has 1 heterocycles. The second-order valence-corrected chi connectivity index (χ2v) is 9.82. The Labute approximate surface area is 210 Å². The third-order valence-electron chi connectivity index (χ3n) is 5.09. The average molecular weight is 571 g/mol. The van der Waals surface area contributed by atoms with Crippen molar-refractivity contribution in [1.82, 2.24) is 4.90 Å². The fraction of sp³-hybridized carbons (Fsp3) is 0.154. The number of ether oxygens (including phenoxy) is 2. The quantitative estimate of drug-likeness (QED) is 0.242. The number of amides is 2. The standard InChI is InChI=1S/C26H22INO4S/c1-17-4-3-5-20(12-17)15-28-25(29)24(33-26(28)30)14-19-8-11-22(23(13-19)31-2)32-16-18-6-9-21(27)10-7-18/h3-14H,15-16H2,1-2H3/b24-14-. The molecule has 168 valence electrons. The third kappa shape index (κ3) is 5.78. The van der Waals surface area contributed by atoms with Crippen molar-refractivity contribution in [3.63, 3.8) is 0 Å². The lowest BCUT2D eigenvalue weighted by Crippen LogP contribution is -2.27. The number of hydrogen-bond acceptors (Lipinski definition) is 5. The molecule has 7 heteroatoms. The molecule has 0 unspecified atom stereocenters. The fourth-order valence-corrected chi connectivity index (χ4v) is 4.61. The number of imide groups is 1. The largest absolute Gasteiger partial charge is 0.493 e. The zero-order valence-electron chi connectivity index (χ0n) is 18.2. The normalized spacial score (nSPS) is 14.8. The van der Waals surface area contributed by atoms with Gasteiger partial charge in [-0.1, -0.05) is 48.0 Å². The van der Waals surface area contributed by atoms with Crippen molar-refractivity contribution in [2.45, 2.75) is 20.1 Å². The Hall–Kier alpha value is -2.78. The summed E-state index contributed by atoms with van der Waals surface area (Å²) in [6.45, 7) is 2.67.